The average Bonchev–Trinajstić information content (AvgIpc) is 3.46. The highest BCUT2D eigenvalue weighted by atomic mass is 32.2. The number of benzene rings is 2. The molecule has 1 N–H and O–H groups in total. The van der Waals surface area contributed by atoms with Crippen LogP contribution in [0.15, 0.2) is 65.3 Å². The highest BCUT2D eigenvalue weighted by Crippen LogP contribution is 2.39. The maximum absolute atomic E-state index is 12.8. The van der Waals surface area contributed by atoms with Crippen molar-refractivity contribution >= 4 is 35.2 Å². The van der Waals surface area contributed by atoms with Crippen molar-refractivity contribution in [3.8, 4) is 0 Å². The van der Waals surface area contributed by atoms with E-state index in [2.05, 4.69) is 5.32 Å². The molecule has 2 heterocycles. The smallest absolute Gasteiger partial charge is 0.338 e. The number of nitrogens with one attached hydrogen (secondary N) is 1. The zero-order chi connectivity index (χ0) is 23.4. The van der Waals surface area contributed by atoms with E-state index in [1.165, 1.54) is 0 Å². The molecule has 1 unspecified atom stereocenters. The summed E-state index contributed by atoms with van der Waals surface area (Å²) in [6.07, 6.45) is 1.59. The number of carbonyl (C=O) groups is 3. The van der Waals surface area contributed by atoms with Gasteiger partial charge in [-0.05, 0) is 61.4 Å². The third kappa shape index (κ3) is 5.12. The molecule has 8 heteroatoms. The number of furan rings is 1. The Morgan fingerprint density at radius 3 is 2.61 bits per heavy atom. The van der Waals surface area contributed by atoms with Crippen LogP contribution >= 0.6 is 11.8 Å². The van der Waals surface area contributed by atoms with Crippen LogP contribution in [-0.2, 0) is 16.1 Å². The van der Waals surface area contributed by atoms with Crippen molar-refractivity contribution < 1.29 is 23.5 Å². The van der Waals surface area contributed by atoms with Crippen LogP contribution in [0.2, 0.25) is 0 Å². The summed E-state index contributed by atoms with van der Waals surface area (Å²) in [4.78, 5) is 39.0. The van der Waals surface area contributed by atoms with E-state index in [0.717, 1.165) is 16.9 Å². The van der Waals surface area contributed by atoms with Crippen LogP contribution < -0.4 is 5.32 Å². The normalized spacial score (nSPS) is 15.5. The van der Waals surface area contributed by atoms with Gasteiger partial charge in [-0.25, -0.2) is 4.79 Å². The van der Waals surface area contributed by atoms with Gasteiger partial charge >= 0.3 is 5.97 Å². The number of hydrogen-bond donors (Lipinski definition) is 1. The SMILES string of the molecule is CCOC(=O)c1ccc(C)c(NC(=O)c2ccc(C3SCC(=O)N3Cc3ccco3)cc2)c1. The summed E-state index contributed by atoms with van der Waals surface area (Å²) >= 11 is 1.55. The van der Waals surface area contributed by atoms with E-state index in [-0.39, 0.29) is 23.8 Å². The van der Waals surface area contributed by atoms with E-state index in [0.29, 0.717) is 29.1 Å². The standard InChI is InChI=1S/C25H24N2O5S/c1-3-31-25(30)19-7-6-16(2)21(13-19)26-23(29)17-8-10-18(11-9-17)24-27(22(28)15-33-24)14-20-5-4-12-32-20/h4-13,24H,3,14-15H2,1-2H3,(H,26,29). The maximum atomic E-state index is 12.8. The summed E-state index contributed by atoms with van der Waals surface area (Å²) in [5.41, 5.74) is 3.19. The summed E-state index contributed by atoms with van der Waals surface area (Å²) in [6.45, 7) is 4.29. The Morgan fingerprint density at radius 2 is 1.91 bits per heavy atom. The topological polar surface area (TPSA) is 88.8 Å². The Morgan fingerprint density at radius 1 is 1.15 bits per heavy atom. The molecule has 1 aliphatic heterocycles. The van der Waals surface area contributed by atoms with Crippen molar-refractivity contribution in [1.29, 1.82) is 0 Å². The molecule has 1 atom stereocenters. The number of esters is 1. The molecule has 0 radical (unpaired) electrons. The fraction of sp³-hybridized carbons (Fsp3) is 0.240. The van der Waals surface area contributed by atoms with Crippen LogP contribution in [0.25, 0.3) is 0 Å². The van der Waals surface area contributed by atoms with Gasteiger partial charge in [0.1, 0.15) is 11.1 Å². The molecule has 7 nitrogen and oxygen atoms in total. The van der Waals surface area contributed by atoms with Crippen LogP contribution in [0.1, 0.15) is 49.9 Å². The molecular formula is C25H24N2O5S. The number of thioether (sulfide) groups is 1. The summed E-state index contributed by atoms with van der Waals surface area (Å²) in [5.74, 6) is 0.477. The quantitative estimate of drug-likeness (QED) is 0.506. The number of carbonyl (C=O) groups excluding carboxylic acids is 3. The molecule has 170 valence electrons. The molecule has 33 heavy (non-hydrogen) atoms. The van der Waals surface area contributed by atoms with Crippen molar-refractivity contribution in [1.82, 2.24) is 4.90 Å². The minimum absolute atomic E-state index is 0.0557. The van der Waals surface area contributed by atoms with Gasteiger partial charge in [0.15, 0.2) is 0 Å². The molecule has 0 aliphatic carbocycles. The largest absolute Gasteiger partial charge is 0.467 e. The molecule has 2 amide bonds. The first kappa shape index (κ1) is 22.7. The lowest BCUT2D eigenvalue weighted by Crippen LogP contribution is -2.27. The summed E-state index contributed by atoms with van der Waals surface area (Å²) in [7, 11) is 0. The van der Waals surface area contributed by atoms with E-state index >= 15 is 0 Å². The lowest BCUT2D eigenvalue weighted by molar-refractivity contribution is -0.128. The third-order valence-corrected chi connectivity index (χ3v) is 6.59. The Labute approximate surface area is 196 Å². The molecule has 1 saturated heterocycles. The van der Waals surface area contributed by atoms with Crippen molar-refractivity contribution in [3.05, 3.63) is 88.9 Å². The first-order valence-electron chi connectivity index (χ1n) is 10.6. The zero-order valence-corrected chi connectivity index (χ0v) is 19.2. The minimum Gasteiger partial charge on any atom is -0.467 e. The molecule has 1 fully saturated rings. The summed E-state index contributed by atoms with van der Waals surface area (Å²) < 4.78 is 10.4. The second-order valence-corrected chi connectivity index (χ2v) is 8.66. The number of aryl methyl sites for hydroxylation is 1. The van der Waals surface area contributed by atoms with Crippen molar-refractivity contribution in [3.63, 3.8) is 0 Å². The molecule has 2 aromatic carbocycles. The monoisotopic (exact) mass is 464 g/mol. The average molecular weight is 465 g/mol. The predicted octanol–water partition coefficient (Wildman–Crippen LogP) is 4.79. The van der Waals surface area contributed by atoms with Gasteiger partial charge in [0.05, 0.1) is 30.7 Å². The van der Waals surface area contributed by atoms with Crippen LogP contribution in [0, 0.1) is 6.92 Å². The van der Waals surface area contributed by atoms with Crippen LogP contribution in [0.3, 0.4) is 0 Å². The van der Waals surface area contributed by atoms with Gasteiger partial charge in [-0.1, -0.05) is 18.2 Å². The van der Waals surface area contributed by atoms with Crippen LogP contribution in [0.4, 0.5) is 5.69 Å². The summed E-state index contributed by atoms with van der Waals surface area (Å²) in [6, 6.07) is 15.9. The van der Waals surface area contributed by atoms with Gasteiger partial charge in [0.2, 0.25) is 5.91 Å². The van der Waals surface area contributed by atoms with Crippen molar-refractivity contribution in [2.45, 2.75) is 25.8 Å². The van der Waals surface area contributed by atoms with Gasteiger partial charge in [0, 0.05) is 11.3 Å². The maximum Gasteiger partial charge on any atom is 0.338 e. The highest BCUT2D eigenvalue weighted by Gasteiger charge is 2.33. The predicted molar refractivity (Wildman–Crippen MR) is 126 cm³/mol. The third-order valence-electron chi connectivity index (χ3n) is 5.33. The molecule has 0 bridgehead atoms. The number of rotatable bonds is 7. The van der Waals surface area contributed by atoms with E-state index in [4.69, 9.17) is 9.15 Å². The fourth-order valence-electron chi connectivity index (χ4n) is 3.56. The van der Waals surface area contributed by atoms with E-state index in [1.807, 2.05) is 25.1 Å². The second kappa shape index (κ2) is 9.95. The van der Waals surface area contributed by atoms with Crippen LogP contribution in [-0.4, -0.2) is 35.0 Å². The highest BCUT2D eigenvalue weighted by molar-refractivity contribution is 8.00. The number of ether oxygens (including phenoxy) is 1. The van der Waals surface area contributed by atoms with E-state index in [1.54, 1.807) is 66.2 Å². The Bertz CT molecular complexity index is 1160. The number of anilines is 1. The molecule has 0 spiro atoms. The lowest BCUT2D eigenvalue weighted by Gasteiger charge is -2.23. The second-order valence-electron chi connectivity index (χ2n) is 7.59. The van der Waals surface area contributed by atoms with Crippen molar-refractivity contribution in [2.24, 2.45) is 0 Å². The Balaban J connectivity index is 1.47. The molecular weight excluding hydrogens is 440 g/mol. The number of amides is 2. The summed E-state index contributed by atoms with van der Waals surface area (Å²) in [5, 5.41) is 2.73. The molecule has 1 aliphatic rings. The molecule has 1 aromatic heterocycles. The lowest BCUT2D eigenvalue weighted by atomic mass is 10.1. The van der Waals surface area contributed by atoms with Gasteiger partial charge in [-0.2, -0.15) is 0 Å². The fourth-order valence-corrected chi connectivity index (χ4v) is 4.75. The van der Waals surface area contributed by atoms with Gasteiger partial charge in [-0.15, -0.1) is 11.8 Å². The van der Waals surface area contributed by atoms with E-state index < -0.39 is 5.97 Å². The molecule has 3 aromatic rings. The minimum atomic E-state index is -0.430. The molecule has 0 saturated carbocycles. The number of nitrogens with zero attached hydrogens (tertiary/aromatic N) is 1. The van der Waals surface area contributed by atoms with Gasteiger partial charge < -0.3 is 19.4 Å². The van der Waals surface area contributed by atoms with Crippen molar-refractivity contribution in [2.75, 3.05) is 17.7 Å². The Hall–Kier alpha value is -3.52. The van der Waals surface area contributed by atoms with Crippen LogP contribution in [0.5, 0.6) is 0 Å². The number of hydrogen-bond acceptors (Lipinski definition) is 6. The van der Waals surface area contributed by atoms with Gasteiger partial charge in [0.25, 0.3) is 5.91 Å². The first-order valence-corrected chi connectivity index (χ1v) is 11.6. The zero-order valence-electron chi connectivity index (χ0n) is 18.4. The first-order chi connectivity index (χ1) is 16.0. The Kier molecular flexibility index (Phi) is 6.84. The van der Waals surface area contributed by atoms with Gasteiger partial charge in [-0.3, -0.25) is 9.59 Å². The molecule has 4 rings (SSSR count). The van der Waals surface area contributed by atoms with E-state index in [9.17, 15) is 14.4 Å².